The van der Waals surface area contributed by atoms with Crippen molar-refractivity contribution in [1.82, 2.24) is 29.3 Å². The summed E-state index contributed by atoms with van der Waals surface area (Å²) in [7, 11) is 1.88. The third-order valence-corrected chi connectivity index (χ3v) is 5.38. The summed E-state index contributed by atoms with van der Waals surface area (Å²) in [6.07, 6.45) is 3.37. The van der Waals surface area contributed by atoms with Crippen molar-refractivity contribution in [3.05, 3.63) is 48.4 Å². The highest BCUT2D eigenvalue weighted by atomic mass is 32.2. The molecule has 1 amide bonds. The SMILES string of the molecule is CCn1c(SCC(=O)Nc2ccc(F)cc2F)nnc1-c1cnc2ncn(C)c2c1. The fraction of sp³-hybridized carbons (Fsp3) is 0.211. The van der Waals surface area contributed by atoms with Crippen LogP contribution in [0.3, 0.4) is 0 Å². The number of hydrogen-bond acceptors (Lipinski definition) is 6. The van der Waals surface area contributed by atoms with Gasteiger partial charge in [-0.25, -0.2) is 18.7 Å². The van der Waals surface area contributed by atoms with Crippen LogP contribution in [0.25, 0.3) is 22.6 Å². The minimum absolute atomic E-state index is 0.00599. The van der Waals surface area contributed by atoms with Crippen LogP contribution in [0.5, 0.6) is 0 Å². The number of nitrogens with one attached hydrogen (secondary N) is 1. The normalized spacial score (nSPS) is 11.2. The first kappa shape index (κ1) is 20.0. The summed E-state index contributed by atoms with van der Waals surface area (Å²) >= 11 is 1.17. The Morgan fingerprint density at radius 2 is 2.03 bits per heavy atom. The van der Waals surface area contributed by atoms with E-state index in [9.17, 15) is 13.6 Å². The molecule has 0 aliphatic carbocycles. The summed E-state index contributed by atoms with van der Waals surface area (Å²) in [5.41, 5.74) is 2.22. The lowest BCUT2D eigenvalue weighted by atomic mass is 10.2. The monoisotopic (exact) mass is 429 g/mol. The second-order valence-corrected chi connectivity index (χ2v) is 7.38. The van der Waals surface area contributed by atoms with Crippen LogP contribution in [-0.2, 0) is 18.4 Å². The molecule has 0 unspecified atom stereocenters. The fourth-order valence-electron chi connectivity index (χ4n) is 2.93. The van der Waals surface area contributed by atoms with Gasteiger partial charge in [0.15, 0.2) is 16.6 Å². The Balaban J connectivity index is 1.50. The Morgan fingerprint density at radius 1 is 1.20 bits per heavy atom. The maximum atomic E-state index is 13.7. The molecule has 4 rings (SSSR count). The van der Waals surface area contributed by atoms with Gasteiger partial charge in [0.2, 0.25) is 5.91 Å². The highest BCUT2D eigenvalue weighted by molar-refractivity contribution is 7.99. The molecular weight excluding hydrogens is 412 g/mol. The first-order valence-electron chi connectivity index (χ1n) is 9.04. The van der Waals surface area contributed by atoms with Gasteiger partial charge in [0.25, 0.3) is 0 Å². The number of thioether (sulfide) groups is 1. The van der Waals surface area contributed by atoms with Gasteiger partial charge in [0.1, 0.15) is 11.6 Å². The summed E-state index contributed by atoms with van der Waals surface area (Å²) in [5, 5.41) is 11.4. The molecule has 1 N–H and O–H groups in total. The zero-order valence-electron chi connectivity index (χ0n) is 16.1. The largest absolute Gasteiger partial charge is 0.332 e. The molecule has 1 aromatic carbocycles. The molecule has 3 aromatic heterocycles. The van der Waals surface area contributed by atoms with Crippen molar-refractivity contribution >= 4 is 34.5 Å². The van der Waals surface area contributed by atoms with E-state index >= 15 is 0 Å². The number of hydrogen-bond donors (Lipinski definition) is 1. The van der Waals surface area contributed by atoms with Gasteiger partial charge in [-0.05, 0) is 25.1 Å². The van der Waals surface area contributed by atoms with Crippen molar-refractivity contribution in [2.24, 2.45) is 7.05 Å². The van der Waals surface area contributed by atoms with Gasteiger partial charge in [-0.3, -0.25) is 4.79 Å². The van der Waals surface area contributed by atoms with Gasteiger partial charge < -0.3 is 14.5 Å². The van der Waals surface area contributed by atoms with Gasteiger partial charge in [0, 0.05) is 31.4 Å². The predicted molar refractivity (Wildman–Crippen MR) is 109 cm³/mol. The van der Waals surface area contributed by atoms with E-state index in [0.717, 1.165) is 23.2 Å². The van der Waals surface area contributed by atoms with E-state index in [0.29, 0.717) is 23.2 Å². The second-order valence-electron chi connectivity index (χ2n) is 6.43. The van der Waals surface area contributed by atoms with Gasteiger partial charge in [0.05, 0.1) is 23.3 Å². The standard InChI is InChI=1S/C19H17F2N7OS/c1-3-28-18(11-6-15-17(22-8-11)23-10-27(15)2)25-26-19(28)30-9-16(29)24-14-5-4-12(20)7-13(14)21/h4-8,10H,3,9H2,1-2H3,(H,24,29). The third-order valence-electron chi connectivity index (χ3n) is 4.41. The first-order valence-corrected chi connectivity index (χ1v) is 10.0. The molecule has 0 radical (unpaired) electrons. The number of fused-ring (bicyclic) bond motifs is 1. The van der Waals surface area contributed by atoms with Crippen LogP contribution >= 0.6 is 11.8 Å². The summed E-state index contributed by atoms with van der Waals surface area (Å²) in [6, 6.07) is 4.92. The molecule has 4 aromatic rings. The van der Waals surface area contributed by atoms with Crippen LogP contribution in [0.2, 0.25) is 0 Å². The lowest BCUT2D eigenvalue weighted by Crippen LogP contribution is -2.15. The molecule has 0 aliphatic heterocycles. The molecular formula is C19H17F2N7OS. The molecule has 0 spiro atoms. The number of benzene rings is 1. The van der Waals surface area contributed by atoms with Crippen molar-refractivity contribution in [3.8, 4) is 11.4 Å². The predicted octanol–water partition coefficient (Wildman–Crippen LogP) is 3.26. The number of halogens is 2. The Labute approximate surface area is 174 Å². The average molecular weight is 429 g/mol. The number of nitrogens with zero attached hydrogens (tertiary/aromatic N) is 6. The van der Waals surface area contributed by atoms with Gasteiger partial charge in [-0.15, -0.1) is 10.2 Å². The number of aryl methyl sites for hydroxylation is 1. The molecule has 0 atom stereocenters. The van der Waals surface area contributed by atoms with Crippen LogP contribution in [-0.4, -0.2) is 41.0 Å². The van der Waals surface area contributed by atoms with Crippen LogP contribution in [0.15, 0.2) is 41.9 Å². The summed E-state index contributed by atoms with van der Waals surface area (Å²) in [6.45, 7) is 2.53. The van der Waals surface area contributed by atoms with Crippen molar-refractivity contribution in [1.29, 1.82) is 0 Å². The number of pyridine rings is 1. The average Bonchev–Trinajstić information content (AvgIpc) is 3.31. The quantitative estimate of drug-likeness (QED) is 0.473. The smallest absolute Gasteiger partial charge is 0.234 e. The summed E-state index contributed by atoms with van der Waals surface area (Å²) < 4.78 is 30.4. The molecule has 11 heteroatoms. The summed E-state index contributed by atoms with van der Waals surface area (Å²) in [5.74, 6) is -1.35. The van der Waals surface area contributed by atoms with Crippen molar-refractivity contribution in [2.75, 3.05) is 11.1 Å². The van der Waals surface area contributed by atoms with E-state index in [1.54, 1.807) is 12.5 Å². The van der Waals surface area contributed by atoms with Gasteiger partial charge in [-0.1, -0.05) is 11.8 Å². The lowest BCUT2D eigenvalue weighted by Gasteiger charge is -2.08. The lowest BCUT2D eigenvalue weighted by molar-refractivity contribution is -0.113. The van der Waals surface area contributed by atoms with E-state index in [4.69, 9.17) is 0 Å². The van der Waals surface area contributed by atoms with E-state index in [1.807, 2.05) is 29.2 Å². The van der Waals surface area contributed by atoms with Crippen molar-refractivity contribution in [3.63, 3.8) is 0 Å². The number of imidazole rings is 1. The maximum absolute atomic E-state index is 13.7. The zero-order valence-corrected chi connectivity index (χ0v) is 17.0. The molecule has 0 aliphatic rings. The van der Waals surface area contributed by atoms with E-state index < -0.39 is 17.5 Å². The van der Waals surface area contributed by atoms with Gasteiger partial charge in [-0.2, -0.15) is 0 Å². The highest BCUT2D eigenvalue weighted by Gasteiger charge is 2.17. The number of carbonyl (C=O) groups is 1. The molecule has 154 valence electrons. The minimum Gasteiger partial charge on any atom is -0.332 e. The van der Waals surface area contributed by atoms with E-state index in [2.05, 4.69) is 25.5 Å². The molecule has 8 nitrogen and oxygen atoms in total. The Kier molecular flexibility index (Phi) is 5.44. The molecule has 3 heterocycles. The number of aromatic nitrogens is 6. The topological polar surface area (TPSA) is 90.5 Å². The Hall–Kier alpha value is -3.34. The number of anilines is 1. The molecule has 0 bridgehead atoms. The fourth-order valence-corrected chi connectivity index (χ4v) is 3.73. The Morgan fingerprint density at radius 3 is 2.80 bits per heavy atom. The number of carbonyl (C=O) groups excluding carboxylic acids is 1. The van der Waals surface area contributed by atoms with E-state index in [-0.39, 0.29) is 11.4 Å². The molecule has 30 heavy (non-hydrogen) atoms. The minimum atomic E-state index is -0.828. The van der Waals surface area contributed by atoms with Crippen LogP contribution in [0.1, 0.15) is 6.92 Å². The van der Waals surface area contributed by atoms with Crippen molar-refractivity contribution < 1.29 is 13.6 Å². The number of rotatable bonds is 6. The van der Waals surface area contributed by atoms with Crippen LogP contribution in [0.4, 0.5) is 14.5 Å². The molecule has 0 saturated carbocycles. The highest BCUT2D eigenvalue weighted by Crippen LogP contribution is 2.25. The summed E-state index contributed by atoms with van der Waals surface area (Å²) in [4.78, 5) is 20.7. The van der Waals surface area contributed by atoms with Gasteiger partial charge >= 0.3 is 0 Å². The van der Waals surface area contributed by atoms with Crippen LogP contribution < -0.4 is 5.32 Å². The first-order chi connectivity index (χ1) is 14.5. The number of amides is 1. The Bertz CT molecular complexity index is 1240. The molecule has 0 saturated heterocycles. The van der Waals surface area contributed by atoms with E-state index in [1.165, 1.54) is 17.8 Å². The molecule has 0 fully saturated rings. The maximum Gasteiger partial charge on any atom is 0.234 e. The van der Waals surface area contributed by atoms with Crippen molar-refractivity contribution in [2.45, 2.75) is 18.6 Å². The third kappa shape index (κ3) is 3.88. The zero-order chi connectivity index (χ0) is 21.3. The van der Waals surface area contributed by atoms with Crippen LogP contribution in [0, 0.1) is 11.6 Å². The second kappa shape index (κ2) is 8.19.